The third-order valence-electron chi connectivity index (χ3n) is 8.71. The Morgan fingerprint density at radius 1 is 1.05 bits per heavy atom. The fourth-order valence-electron chi connectivity index (χ4n) is 6.42. The van der Waals surface area contributed by atoms with Crippen molar-refractivity contribution in [1.82, 2.24) is 9.71 Å². The number of carbonyl (C=O) groups excluding carboxylic acids is 1. The molecule has 4 aliphatic rings. The molecular weight excluding hydrogens is 572 g/mol. The number of hydrogen-bond donors (Lipinski definition) is 2. The van der Waals surface area contributed by atoms with Gasteiger partial charge in [-0.1, -0.05) is 30.5 Å². The molecule has 1 atom stereocenters. The predicted molar refractivity (Wildman–Crippen MR) is 159 cm³/mol. The second kappa shape index (κ2) is 11.2. The van der Waals surface area contributed by atoms with Gasteiger partial charge in [0.2, 0.25) is 0 Å². The molecule has 4 fully saturated rings. The first kappa shape index (κ1) is 29.3. The number of aliphatic hydroxyl groups excluding tert-OH is 1. The molecule has 2 saturated carbocycles. The van der Waals surface area contributed by atoms with Crippen LogP contribution in [0.25, 0.3) is 0 Å². The van der Waals surface area contributed by atoms with Crippen LogP contribution in [-0.2, 0) is 14.8 Å². The number of rotatable bonds is 7. The number of amides is 1. The first-order valence-corrected chi connectivity index (χ1v) is 15.7. The predicted octanol–water partition coefficient (Wildman–Crippen LogP) is 4.00. The van der Waals surface area contributed by atoms with E-state index in [0.29, 0.717) is 54.4 Å². The van der Waals surface area contributed by atoms with E-state index in [1.165, 1.54) is 38.2 Å². The zero-order valence-corrected chi connectivity index (χ0v) is 25.0. The first-order valence-electron chi connectivity index (χ1n) is 13.9. The minimum Gasteiger partial charge on any atom is -0.475 e. The Hall–Kier alpha value is -2.21. The number of sulfonamides is 1. The Balaban J connectivity index is 0.00000323. The molecule has 2 N–H and O–H groups in total. The quantitative estimate of drug-likeness (QED) is 0.485. The minimum absolute atomic E-state index is 0. The maximum absolute atomic E-state index is 13.3. The van der Waals surface area contributed by atoms with Crippen LogP contribution in [0.3, 0.4) is 0 Å². The molecule has 9 nitrogen and oxygen atoms in total. The van der Waals surface area contributed by atoms with Crippen molar-refractivity contribution in [1.29, 1.82) is 0 Å². The number of ether oxygens (including phenoxy) is 1. The number of piperidine rings is 1. The van der Waals surface area contributed by atoms with Gasteiger partial charge in [0.05, 0.1) is 11.8 Å². The SMILES string of the molecule is O=C(NS(=O)(=O)c1cccc(N2CC[C@H](O)C2)n1)C1(Oc2cc(Cl)ccc2N2CCCC3(CCCC3)C2)CC1.S. The summed E-state index contributed by atoms with van der Waals surface area (Å²) in [6.07, 6.45) is 8.31. The van der Waals surface area contributed by atoms with E-state index in [0.717, 1.165) is 25.2 Å². The van der Waals surface area contributed by atoms with Crippen LogP contribution >= 0.6 is 25.1 Å². The fraction of sp³-hybridized carbons (Fsp3) is 0.571. The number of anilines is 2. The smallest absolute Gasteiger partial charge is 0.281 e. The molecule has 0 radical (unpaired) electrons. The van der Waals surface area contributed by atoms with Gasteiger partial charge in [-0.15, -0.1) is 0 Å². The van der Waals surface area contributed by atoms with Crippen LogP contribution in [0.4, 0.5) is 11.5 Å². The number of nitrogens with one attached hydrogen (secondary N) is 1. The molecule has 6 rings (SSSR count). The summed E-state index contributed by atoms with van der Waals surface area (Å²) in [5.74, 6) is 0.253. The maximum Gasteiger partial charge on any atom is 0.281 e. The molecule has 2 aromatic rings. The molecule has 12 heteroatoms. The molecule has 1 amide bonds. The summed E-state index contributed by atoms with van der Waals surface area (Å²) in [5, 5.41) is 10.1. The third kappa shape index (κ3) is 5.89. The molecule has 0 unspecified atom stereocenters. The second-order valence-electron chi connectivity index (χ2n) is 11.6. The lowest BCUT2D eigenvalue weighted by Crippen LogP contribution is -2.44. The van der Waals surface area contributed by atoms with Crippen LogP contribution < -0.4 is 19.3 Å². The van der Waals surface area contributed by atoms with Gasteiger partial charge >= 0.3 is 0 Å². The van der Waals surface area contributed by atoms with Gasteiger partial charge in [-0.25, -0.2) is 9.71 Å². The molecule has 1 aromatic carbocycles. The lowest BCUT2D eigenvalue weighted by Gasteiger charge is -2.42. The summed E-state index contributed by atoms with van der Waals surface area (Å²) in [5.41, 5.74) is -0.0363. The first-order chi connectivity index (χ1) is 18.7. The van der Waals surface area contributed by atoms with Crippen molar-refractivity contribution in [3.8, 4) is 5.75 Å². The van der Waals surface area contributed by atoms with E-state index in [4.69, 9.17) is 16.3 Å². The lowest BCUT2D eigenvalue weighted by atomic mass is 9.78. The minimum atomic E-state index is -4.23. The third-order valence-corrected chi connectivity index (χ3v) is 10.2. The van der Waals surface area contributed by atoms with E-state index in [-0.39, 0.29) is 18.5 Å². The van der Waals surface area contributed by atoms with Crippen LogP contribution in [0.15, 0.2) is 41.4 Å². The van der Waals surface area contributed by atoms with Crippen LogP contribution in [0, 0.1) is 5.41 Å². The van der Waals surface area contributed by atoms with E-state index in [1.807, 2.05) is 17.0 Å². The molecule has 2 aliphatic carbocycles. The van der Waals surface area contributed by atoms with Gasteiger partial charge in [-0.05, 0) is 61.8 Å². The molecule has 2 aliphatic heterocycles. The monoisotopic (exact) mass is 608 g/mol. The lowest BCUT2D eigenvalue weighted by molar-refractivity contribution is -0.127. The molecule has 2 saturated heterocycles. The van der Waals surface area contributed by atoms with Crippen molar-refractivity contribution in [2.75, 3.05) is 36.0 Å². The van der Waals surface area contributed by atoms with Gasteiger partial charge in [-0.2, -0.15) is 21.9 Å². The standard InChI is InChI=1S/C28H35ClN4O5S.H2S/c29-20-7-8-22(33-15-4-12-27(19-33)10-1-2-11-27)23(17-20)38-28(13-14-28)26(35)31-39(36,37)25-6-3-5-24(30-25)32-16-9-21(34)18-32;/h3,5-8,17,21,34H,1-2,4,9-16,18-19H2,(H,31,35);1H2/t21-;/m0./s1. The van der Waals surface area contributed by atoms with Gasteiger partial charge in [0.15, 0.2) is 10.6 Å². The van der Waals surface area contributed by atoms with E-state index in [2.05, 4.69) is 14.6 Å². The van der Waals surface area contributed by atoms with Crippen LogP contribution in [-0.4, -0.2) is 62.3 Å². The summed E-state index contributed by atoms with van der Waals surface area (Å²) < 4.78 is 34.9. The van der Waals surface area contributed by atoms with Gasteiger partial charge in [0, 0.05) is 50.1 Å². The van der Waals surface area contributed by atoms with Crippen molar-refractivity contribution in [3.05, 3.63) is 41.4 Å². The normalized spacial score (nSPS) is 23.1. The highest BCUT2D eigenvalue weighted by Crippen LogP contribution is 2.49. The van der Waals surface area contributed by atoms with Gasteiger partial charge in [0.1, 0.15) is 11.6 Å². The average molecular weight is 609 g/mol. The van der Waals surface area contributed by atoms with E-state index in [9.17, 15) is 18.3 Å². The molecule has 218 valence electrons. The highest BCUT2D eigenvalue weighted by atomic mass is 35.5. The summed E-state index contributed by atoms with van der Waals surface area (Å²) in [7, 11) is -4.23. The molecular formula is C28H37ClN4O5S2. The van der Waals surface area contributed by atoms with Crippen molar-refractivity contribution < 1.29 is 23.1 Å². The van der Waals surface area contributed by atoms with Crippen LogP contribution in [0.5, 0.6) is 5.75 Å². The van der Waals surface area contributed by atoms with Crippen molar-refractivity contribution in [3.63, 3.8) is 0 Å². The zero-order chi connectivity index (χ0) is 27.3. The Kier molecular flexibility index (Phi) is 8.22. The molecule has 3 heterocycles. The Labute approximate surface area is 247 Å². The number of β-amino-alcohol motifs (C(OH)–C–C–N with tert-alkyl or cyclic N) is 1. The number of nitrogens with zero attached hydrogens (tertiary/aromatic N) is 3. The summed E-state index contributed by atoms with van der Waals surface area (Å²) in [6, 6.07) is 10.1. The second-order valence-corrected chi connectivity index (χ2v) is 13.7. The number of halogens is 1. The highest BCUT2D eigenvalue weighted by Gasteiger charge is 2.55. The Morgan fingerprint density at radius 2 is 1.80 bits per heavy atom. The van der Waals surface area contributed by atoms with Crippen molar-refractivity contribution >= 4 is 52.5 Å². The number of aliphatic hydroxyl groups is 1. The number of hydrogen-bond acceptors (Lipinski definition) is 8. The average Bonchev–Trinajstić information content (AvgIpc) is 3.34. The zero-order valence-electron chi connectivity index (χ0n) is 22.4. The van der Waals surface area contributed by atoms with Gasteiger partial charge < -0.3 is 19.6 Å². The number of benzene rings is 1. The van der Waals surface area contributed by atoms with Crippen molar-refractivity contribution in [2.45, 2.75) is 74.5 Å². The number of carbonyl (C=O) groups is 1. The molecule has 40 heavy (non-hydrogen) atoms. The highest BCUT2D eigenvalue weighted by molar-refractivity contribution is 7.90. The van der Waals surface area contributed by atoms with E-state index < -0.39 is 27.6 Å². The fourth-order valence-corrected chi connectivity index (χ4v) is 7.59. The van der Waals surface area contributed by atoms with E-state index >= 15 is 0 Å². The topological polar surface area (TPSA) is 112 Å². The van der Waals surface area contributed by atoms with Gasteiger partial charge in [-0.3, -0.25) is 4.79 Å². The Morgan fingerprint density at radius 3 is 2.50 bits per heavy atom. The van der Waals surface area contributed by atoms with E-state index in [1.54, 1.807) is 18.2 Å². The van der Waals surface area contributed by atoms with Crippen LogP contribution in [0.1, 0.15) is 57.8 Å². The van der Waals surface area contributed by atoms with Crippen LogP contribution in [0.2, 0.25) is 5.02 Å². The number of aromatic nitrogens is 1. The number of pyridine rings is 1. The summed E-state index contributed by atoms with van der Waals surface area (Å²) in [6.45, 7) is 2.83. The largest absolute Gasteiger partial charge is 0.475 e. The molecule has 0 bridgehead atoms. The van der Waals surface area contributed by atoms with Crippen molar-refractivity contribution in [2.24, 2.45) is 5.41 Å². The maximum atomic E-state index is 13.3. The molecule has 1 aromatic heterocycles. The summed E-state index contributed by atoms with van der Waals surface area (Å²) in [4.78, 5) is 21.8. The summed E-state index contributed by atoms with van der Waals surface area (Å²) >= 11 is 6.35. The Bertz CT molecular complexity index is 1360. The molecule has 1 spiro atoms. The van der Waals surface area contributed by atoms with Gasteiger partial charge in [0.25, 0.3) is 15.9 Å².